The molecule has 0 aliphatic rings. The summed E-state index contributed by atoms with van der Waals surface area (Å²) < 4.78 is 44.4. The molecule has 0 spiro atoms. The van der Waals surface area contributed by atoms with E-state index in [1.54, 1.807) is 13.0 Å². The first-order valence-corrected chi connectivity index (χ1v) is 5.67. The Morgan fingerprint density at radius 1 is 1.42 bits per heavy atom. The molecule has 0 heterocycles. The molecule has 0 radical (unpaired) electrons. The summed E-state index contributed by atoms with van der Waals surface area (Å²) >= 11 is 3.17. The fourth-order valence-corrected chi connectivity index (χ4v) is 1.39. The molecule has 4 nitrogen and oxygen atoms in total. The smallest absolute Gasteiger partial charge is 0.462 e. The van der Waals surface area contributed by atoms with E-state index >= 15 is 0 Å². The summed E-state index contributed by atoms with van der Waals surface area (Å²) in [5.74, 6) is -0.391. The van der Waals surface area contributed by atoms with Gasteiger partial charge in [-0.05, 0) is 35.0 Å². The van der Waals surface area contributed by atoms with Crippen LogP contribution in [0.15, 0.2) is 22.7 Å². The molecule has 0 amide bonds. The second kappa shape index (κ2) is 7.73. The largest absolute Gasteiger partial charge is 0.673 e. The number of hydrogen-bond donors (Lipinski definition) is 0. The molecule has 1 rings (SSSR count). The number of rotatable bonds is 2. The molecule has 1 aromatic carbocycles. The van der Waals surface area contributed by atoms with E-state index in [0.29, 0.717) is 22.3 Å². The van der Waals surface area contributed by atoms with Crippen LogP contribution in [0.1, 0.15) is 17.3 Å². The van der Waals surface area contributed by atoms with E-state index in [-0.39, 0.29) is 0 Å². The number of nitrogens with zero attached hydrogens (tertiary/aromatic N) is 2. The molecule has 19 heavy (non-hydrogen) atoms. The van der Waals surface area contributed by atoms with Crippen molar-refractivity contribution < 1.29 is 26.8 Å². The summed E-state index contributed by atoms with van der Waals surface area (Å²) in [7, 11) is -6.00. The summed E-state index contributed by atoms with van der Waals surface area (Å²) in [6, 6.07) is 4.61. The topological polar surface area (TPSA) is 54.5 Å². The molecule has 0 saturated heterocycles. The third-order valence-electron chi connectivity index (χ3n) is 1.57. The lowest BCUT2D eigenvalue weighted by Gasteiger charge is -1.99. The molecule has 0 aliphatic heterocycles. The molecule has 0 N–H and O–H groups in total. The third-order valence-corrected chi connectivity index (χ3v) is 2.20. The maximum absolute atomic E-state index is 11.3. The lowest BCUT2D eigenvalue weighted by atomic mass is 10.2. The van der Waals surface area contributed by atoms with Gasteiger partial charge in [0.2, 0.25) is 5.39 Å². The van der Waals surface area contributed by atoms with Crippen molar-refractivity contribution in [2.75, 3.05) is 6.61 Å². The van der Waals surface area contributed by atoms with Gasteiger partial charge in [0, 0.05) is 6.07 Å². The van der Waals surface area contributed by atoms with Crippen molar-refractivity contribution in [2.24, 2.45) is 0 Å². The van der Waals surface area contributed by atoms with E-state index in [1.807, 2.05) is 0 Å². The zero-order valence-electron chi connectivity index (χ0n) is 9.62. The van der Waals surface area contributed by atoms with Crippen LogP contribution >= 0.6 is 15.9 Å². The molecule has 0 unspecified atom stereocenters. The molecule has 0 bridgehead atoms. The summed E-state index contributed by atoms with van der Waals surface area (Å²) in [5, 5.41) is 8.53. The number of hydrogen-bond acceptors (Lipinski definition) is 3. The minimum Gasteiger partial charge on any atom is -0.462 e. The van der Waals surface area contributed by atoms with Crippen LogP contribution in [0.5, 0.6) is 0 Å². The van der Waals surface area contributed by atoms with Crippen molar-refractivity contribution in [2.45, 2.75) is 6.92 Å². The standard InChI is InChI=1S/C9H8BrN2O2.BF4/c1-2-14-9(13)6-3-4-8(12-11)7(10)5-6;2-1(3,4)5/h3-5H,2H2,1H3;/q+1;-1. The molecular formula is C9H8BBrF4N2O2. The minimum absolute atomic E-state index is 0.336. The number of halogens is 5. The van der Waals surface area contributed by atoms with E-state index in [1.165, 1.54) is 12.1 Å². The van der Waals surface area contributed by atoms with Crippen molar-refractivity contribution in [3.8, 4) is 0 Å². The van der Waals surface area contributed by atoms with Crippen LogP contribution in [0.2, 0.25) is 0 Å². The van der Waals surface area contributed by atoms with Crippen molar-refractivity contribution in [3.63, 3.8) is 0 Å². The van der Waals surface area contributed by atoms with Gasteiger partial charge in [0.15, 0.2) is 4.98 Å². The number of carbonyl (C=O) groups is 1. The van der Waals surface area contributed by atoms with Crippen LogP contribution in [0.3, 0.4) is 0 Å². The second-order valence-corrected chi connectivity index (χ2v) is 3.84. The van der Waals surface area contributed by atoms with E-state index in [9.17, 15) is 22.1 Å². The van der Waals surface area contributed by atoms with Crippen molar-refractivity contribution >= 4 is 34.8 Å². The highest BCUT2D eigenvalue weighted by Gasteiger charge is 2.20. The maximum atomic E-state index is 11.3. The van der Waals surface area contributed by atoms with Gasteiger partial charge in [-0.2, -0.15) is 0 Å². The summed E-state index contributed by atoms with van der Waals surface area (Å²) in [5.41, 5.74) is 0.796. The van der Waals surface area contributed by atoms with Crippen molar-refractivity contribution in [1.29, 1.82) is 5.39 Å². The Bertz CT molecular complexity index is 484. The van der Waals surface area contributed by atoms with Gasteiger partial charge in [0.1, 0.15) is 4.47 Å². The normalized spacial score (nSPS) is 9.95. The van der Waals surface area contributed by atoms with Crippen molar-refractivity contribution in [3.05, 3.63) is 33.2 Å². The molecule has 0 atom stereocenters. The number of diazo groups is 1. The third kappa shape index (κ3) is 8.15. The number of benzene rings is 1. The molecule has 10 heteroatoms. The predicted molar refractivity (Wildman–Crippen MR) is 65.0 cm³/mol. The highest BCUT2D eigenvalue weighted by Crippen LogP contribution is 2.26. The summed E-state index contributed by atoms with van der Waals surface area (Å²) in [4.78, 5) is 14.3. The fourth-order valence-electron chi connectivity index (χ4n) is 0.929. The molecular weight excluding hydrogens is 335 g/mol. The van der Waals surface area contributed by atoms with Gasteiger partial charge in [-0.15, -0.1) is 0 Å². The van der Waals surface area contributed by atoms with Crippen LogP contribution in [0.4, 0.5) is 23.0 Å². The Hall–Kier alpha value is -1.63. The molecule has 0 aliphatic carbocycles. The van der Waals surface area contributed by atoms with Gasteiger partial charge in [-0.1, -0.05) is 0 Å². The Morgan fingerprint density at radius 3 is 2.32 bits per heavy atom. The van der Waals surface area contributed by atoms with E-state index in [4.69, 9.17) is 10.1 Å². The van der Waals surface area contributed by atoms with Gasteiger partial charge in [-0.25, -0.2) is 4.79 Å². The van der Waals surface area contributed by atoms with Gasteiger partial charge in [-0.3, -0.25) is 0 Å². The molecule has 1 aromatic rings. The van der Waals surface area contributed by atoms with Gasteiger partial charge in [0.25, 0.3) is 0 Å². The molecule has 0 aromatic heterocycles. The van der Waals surface area contributed by atoms with E-state index in [2.05, 4.69) is 20.9 Å². The zero-order valence-corrected chi connectivity index (χ0v) is 11.2. The minimum atomic E-state index is -6.00. The van der Waals surface area contributed by atoms with Crippen LogP contribution in [-0.4, -0.2) is 19.8 Å². The number of ether oxygens (including phenoxy) is 1. The SMILES string of the molecule is CCOC(=O)c1ccc([N+]#N)c(Br)c1.F[B-](F)(F)F. The summed E-state index contributed by atoms with van der Waals surface area (Å²) in [6.07, 6.45) is 0. The average molecular weight is 343 g/mol. The maximum Gasteiger partial charge on any atom is 0.673 e. The molecule has 0 saturated carbocycles. The number of carbonyl (C=O) groups excluding carboxylic acids is 1. The van der Waals surface area contributed by atoms with Gasteiger partial charge in [0.05, 0.1) is 12.2 Å². The highest BCUT2D eigenvalue weighted by molar-refractivity contribution is 9.10. The predicted octanol–water partition coefficient (Wildman–Crippen LogP) is 4.41. The zero-order chi connectivity index (χ0) is 15.1. The van der Waals surface area contributed by atoms with Gasteiger partial charge < -0.3 is 22.0 Å². The first-order chi connectivity index (χ1) is 8.69. The Kier molecular flexibility index (Phi) is 7.07. The Morgan fingerprint density at radius 2 is 1.95 bits per heavy atom. The quantitative estimate of drug-likeness (QED) is 0.346. The molecule has 0 fully saturated rings. The fraction of sp³-hybridized carbons (Fsp3) is 0.222. The second-order valence-electron chi connectivity index (χ2n) is 2.98. The number of esters is 1. The van der Waals surface area contributed by atoms with E-state index in [0.717, 1.165) is 0 Å². The van der Waals surface area contributed by atoms with Crippen LogP contribution in [-0.2, 0) is 4.74 Å². The van der Waals surface area contributed by atoms with E-state index < -0.39 is 13.2 Å². The lowest BCUT2D eigenvalue weighted by Crippen LogP contribution is -2.03. The highest BCUT2D eigenvalue weighted by atomic mass is 79.9. The average Bonchev–Trinajstić information content (AvgIpc) is 2.27. The first kappa shape index (κ1) is 17.4. The van der Waals surface area contributed by atoms with Crippen molar-refractivity contribution in [1.82, 2.24) is 0 Å². The van der Waals surface area contributed by atoms with Crippen LogP contribution in [0, 0.1) is 5.39 Å². The molecule has 104 valence electrons. The first-order valence-electron chi connectivity index (χ1n) is 4.88. The lowest BCUT2D eigenvalue weighted by molar-refractivity contribution is 0.0526. The van der Waals surface area contributed by atoms with Crippen LogP contribution in [0.25, 0.3) is 4.98 Å². The summed E-state index contributed by atoms with van der Waals surface area (Å²) in [6.45, 7) is 2.08. The Balaban J connectivity index is 0.000000555. The Labute approximate surface area is 114 Å². The monoisotopic (exact) mass is 342 g/mol. The van der Waals surface area contributed by atoms with Crippen LogP contribution < -0.4 is 0 Å². The van der Waals surface area contributed by atoms with Gasteiger partial charge >= 0.3 is 18.9 Å².